The average Bonchev–Trinajstić information content (AvgIpc) is 3.47. The number of hydrogen-bond acceptors (Lipinski definition) is 6. The van der Waals surface area contributed by atoms with Crippen LogP contribution < -0.4 is 5.32 Å². The third-order valence-electron chi connectivity index (χ3n) is 4.24. The largest absolute Gasteiger partial charge is 0.467 e. The van der Waals surface area contributed by atoms with Gasteiger partial charge in [-0.05, 0) is 38.1 Å². The first-order chi connectivity index (χ1) is 13.9. The Morgan fingerprint density at radius 2 is 1.86 bits per heavy atom. The van der Waals surface area contributed by atoms with Crippen LogP contribution >= 0.6 is 22.9 Å². The predicted molar refractivity (Wildman–Crippen MR) is 109 cm³/mol. The number of alkyl halides is 1. The van der Waals surface area contributed by atoms with Crippen LogP contribution in [0.25, 0.3) is 0 Å². The quantitative estimate of drug-likeness (QED) is 0.512. The Hall–Kier alpha value is -2.58. The molecule has 29 heavy (non-hydrogen) atoms. The molecule has 0 aliphatic rings. The van der Waals surface area contributed by atoms with Crippen molar-refractivity contribution in [3.63, 3.8) is 0 Å². The molecule has 3 aromatic rings. The zero-order valence-electron chi connectivity index (χ0n) is 16.2. The lowest BCUT2D eigenvalue weighted by molar-refractivity contribution is -0.140. The van der Waals surface area contributed by atoms with Crippen LogP contribution in [0.1, 0.15) is 40.9 Å². The molecule has 0 saturated heterocycles. The standard InChI is InChI=1S/C20H22ClN3O4S/c1-20(2,13-21)19(26)24(10-15-6-4-8-28-15)11-17-23-16(12-29-17)18(25)22-9-14-5-3-7-27-14/h3-8,12H,9-11,13H2,1-2H3,(H,22,25). The SMILES string of the molecule is CC(C)(CCl)C(=O)N(Cc1ccco1)Cc1nc(C(=O)NCc2ccco2)cs1. The molecule has 3 heterocycles. The number of carbonyl (C=O) groups excluding carboxylic acids is 2. The van der Waals surface area contributed by atoms with Crippen molar-refractivity contribution >= 4 is 34.8 Å². The van der Waals surface area contributed by atoms with Crippen molar-refractivity contribution in [3.05, 3.63) is 64.4 Å². The van der Waals surface area contributed by atoms with Gasteiger partial charge in [-0.15, -0.1) is 22.9 Å². The maximum absolute atomic E-state index is 13.0. The van der Waals surface area contributed by atoms with E-state index in [2.05, 4.69) is 10.3 Å². The molecule has 0 saturated carbocycles. The van der Waals surface area contributed by atoms with Gasteiger partial charge in [0.1, 0.15) is 22.2 Å². The predicted octanol–water partition coefficient (Wildman–Crippen LogP) is 4.05. The van der Waals surface area contributed by atoms with Gasteiger partial charge >= 0.3 is 0 Å². The number of nitrogens with zero attached hydrogens (tertiary/aromatic N) is 2. The van der Waals surface area contributed by atoms with E-state index in [1.54, 1.807) is 54.9 Å². The summed E-state index contributed by atoms with van der Waals surface area (Å²) in [6.07, 6.45) is 3.12. The summed E-state index contributed by atoms with van der Waals surface area (Å²) in [5.74, 6) is 1.11. The molecular formula is C20H22ClN3O4S. The van der Waals surface area contributed by atoms with Gasteiger partial charge in [0.15, 0.2) is 0 Å². The van der Waals surface area contributed by atoms with Crippen molar-refractivity contribution in [3.8, 4) is 0 Å². The van der Waals surface area contributed by atoms with Crippen molar-refractivity contribution in [2.24, 2.45) is 5.41 Å². The van der Waals surface area contributed by atoms with Crippen LogP contribution in [0.4, 0.5) is 0 Å². The van der Waals surface area contributed by atoms with Gasteiger partial charge in [0.2, 0.25) is 5.91 Å². The number of nitrogens with one attached hydrogen (secondary N) is 1. The Bertz CT molecular complexity index is 935. The molecule has 0 aliphatic heterocycles. The third-order valence-corrected chi connectivity index (χ3v) is 5.74. The molecule has 154 valence electrons. The minimum absolute atomic E-state index is 0.108. The highest BCUT2D eigenvalue weighted by atomic mass is 35.5. The van der Waals surface area contributed by atoms with Crippen LogP contribution in [0.15, 0.2) is 51.0 Å². The van der Waals surface area contributed by atoms with Crippen molar-refractivity contribution < 1.29 is 18.4 Å². The number of amides is 2. The molecule has 0 radical (unpaired) electrons. The van der Waals surface area contributed by atoms with Crippen LogP contribution in [0.2, 0.25) is 0 Å². The second-order valence-electron chi connectivity index (χ2n) is 7.15. The lowest BCUT2D eigenvalue weighted by Gasteiger charge is -2.29. The fraction of sp³-hybridized carbons (Fsp3) is 0.350. The Morgan fingerprint density at radius 3 is 2.48 bits per heavy atom. The minimum atomic E-state index is -0.728. The molecule has 9 heteroatoms. The molecule has 1 N–H and O–H groups in total. The lowest BCUT2D eigenvalue weighted by atomic mass is 9.94. The molecule has 0 spiro atoms. The maximum Gasteiger partial charge on any atom is 0.271 e. The van der Waals surface area contributed by atoms with Gasteiger partial charge < -0.3 is 19.1 Å². The van der Waals surface area contributed by atoms with E-state index in [1.807, 2.05) is 6.07 Å². The second-order valence-corrected chi connectivity index (χ2v) is 8.36. The number of hydrogen-bond donors (Lipinski definition) is 1. The van der Waals surface area contributed by atoms with E-state index < -0.39 is 5.41 Å². The van der Waals surface area contributed by atoms with Crippen LogP contribution in [-0.2, 0) is 24.4 Å². The monoisotopic (exact) mass is 435 g/mol. The van der Waals surface area contributed by atoms with Gasteiger partial charge in [0.05, 0.1) is 37.6 Å². The first-order valence-corrected chi connectivity index (χ1v) is 10.4. The average molecular weight is 436 g/mol. The summed E-state index contributed by atoms with van der Waals surface area (Å²) in [6, 6.07) is 7.12. The van der Waals surface area contributed by atoms with Gasteiger partial charge in [-0.3, -0.25) is 9.59 Å². The highest BCUT2D eigenvalue weighted by Crippen LogP contribution is 2.24. The first-order valence-electron chi connectivity index (χ1n) is 9.02. The summed E-state index contributed by atoms with van der Waals surface area (Å²) in [5, 5.41) is 5.09. The summed E-state index contributed by atoms with van der Waals surface area (Å²) >= 11 is 7.32. The minimum Gasteiger partial charge on any atom is -0.467 e. The van der Waals surface area contributed by atoms with Gasteiger partial charge in [-0.25, -0.2) is 4.98 Å². The third kappa shape index (κ3) is 5.48. The highest BCUT2D eigenvalue weighted by molar-refractivity contribution is 7.09. The molecule has 0 unspecified atom stereocenters. The Labute approximate surface area is 177 Å². The van der Waals surface area contributed by atoms with Crippen LogP contribution in [0.3, 0.4) is 0 Å². The molecular weight excluding hydrogens is 414 g/mol. The van der Waals surface area contributed by atoms with Gasteiger partial charge in [-0.2, -0.15) is 0 Å². The van der Waals surface area contributed by atoms with E-state index in [9.17, 15) is 9.59 Å². The lowest BCUT2D eigenvalue weighted by Crippen LogP contribution is -2.41. The normalized spacial score (nSPS) is 11.4. The number of furan rings is 2. The van der Waals surface area contributed by atoms with E-state index in [1.165, 1.54) is 11.3 Å². The zero-order chi connectivity index (χ0) is 20.9. The fourth-order valence-electron chi connectivity index (χ4n) is 2.60. The molecule has 2 amide bonds. The van der Waals surface area contributed by atoms with Crippen LogP contribution in [0, 0.1) is 5.41 Å². The molecule has 0 aromatic carbocycles. The van der Waals surface area contributed by atoms with Crippen molar-refractivity contribution in [2.45, 2.75) is 33.5 Å². The van der Waals surface area contributed by atoms with Crippen molar-refractivity contribution in [1.82, 2.24) is 15.2 Å². The van der Waals surface area contributed by atoms with Crippen molar-refractivity contribution in [2.75, 3.05) is 5.88 Å². The summed E-state index contributed by atoms with van der Waals surface area (Å²) in [4.78, 5) is 31.3. The van der Waals surface area contributed by atoms with Crippen LogP contribution in [-0.4, -0.2) is 27.6 Å². The van der Waals surface area contributed by atoms with Gasteiger partial charge in [0.25, 0.3) is 5.91 Å². The Balaban J connectivity index is 1.69. The molecule has 3 rings (SSSR count). The van der Waals surface area contributed by atoms with Crippen molar-refractivity contribution in [1.29, 1.82) is 0 Å². The number of aromatic nitrogens is 1. The maximum atomic E-state index is 13.0. The molecule has 0 bridgehead atoms. The number of thiazole rings is 1. The topological polar surface area (TPSA) is 88.6 Å². The highest BCUT2D eigenvalue weighted by Gasteiger charge is 2.32. The summed E-state index contributed by atoms with van der Waals surface area (Å²) in [5.41, 5.74) is -0.423. The van der Waals surface area contributed by atoms with E-state index in [4.69, 9.17) is 20.4 Å². The summed E-state index contributed by atoms with van der Waals surface area (Å²) in [7, 11) is 0. The number of halogens is 1. The second kappa shape index (κ2) is 9.28. The van der Waals surface area contributed by atoms with E-state index in [0.29, 0.717) is 28.8 Å². The molecule has 3 aromatic heterocycles. The van der Waals surface area contributed by atoms with Gasteiger partial charge in [-0.1, -0.05) is 0 Å². The molecule has 7 nitrogen and oxygen atoms in total. The van der Waals surface area contributed by atoms with E-state index in [0.717, 1.165) is 0 Å². The number of rotatable bonds is 9. The van der Waals surface area contributed by atoms with E-state index in [-0.39, 0.29) is 30.8 Å². The first kappa shape index (κ1) is 21.1. The number of carbonyl (C=O) groups is 2. The molecule has 0 aliphatic carbocycles. The zero-order valence-corrected chi connectivity index (χ0v) is 17.8. The summed E-state index contributed by atoms with van der Waals surface area (Å²) < 4.78 is 10.6. The van der Waals surface area contributed by atoms with Gasteiger partial charge in [0, 0.05) is 11.3 Å². The fourth-order valence-corrected chi connectivity index (χ4v) is 3.50. The Kier molecular flexibility index (Phi) is 6.76. The Morgan fingerprint density at radius 1 is 1.17 bits per heavy atom. The van der Waals surface area contributed by atoms with E-state index >= 15 is 0 Å². The van der Waals surface area contributed by atoms with Crippen LogP contribution in [0.5, 0.6) is 0 Å². The smallest absolute Gasteiger partial charge is 0.271 e. The molecule has 0 fully saturated rings. The molecule has 0 atom stereocenters. The summed E-state index contributed by atoms with van der Waals surface area (Å²) in [6.45, 7) is 4.44.